The zero-order valence-electron chi connectivity index (χ0n) is 12.9. The van der Waals surface area contributed by atoms with Crippen molar-refractivity contribution in [2.24, 2.45) is 0 Å². The molecule has 1 heterocycles. The van der Waals surface area contributed by atoms with Crippen LogP contribution < -0.4 is 5.32 Å². The fraction of sp³-hybridized carbons (Fsp3) is 0.647. The number of rotatable bonds is 9. The van der Waals surface area contributed by atoms with Crippen molar-refractivity contribution in [3.63, 3.8) is 0 Å². The van der Waals surface area contributed by atoms with E-state index in [0.717, 1.165) is 26.2 Å². The summed E-state index contributed by atoms with van der Waals surface area (Å²) in [6.45, 7) is 8.32. The molecule has 0 radical (unpaired) electrons. The summed E-state index contributed by atoms with van der Waals surface area (Å²) in [6, 6.07) is 10.7. The van der Waals surface area contributed by atoms with Gasteiger partial charge in [0.25, 0.3) is 0 Å². The van der Waals surface area contributed by atoms with Gasteiger partial charge in [0.05, 0.1) is 0 Å². The highest BCUT2D eigenvalue weighted by Crippen LogP contribution is 2.05. The first kappa shape index (κ1) is 15.5. The lowest BCUT2D eigenvalue weighted by Gasteiger charge is -2.17. The molecule has 0 aromatic heterocycles. The van der Waals surface area contributed by atoms with E-state index in [2.05, 4.69) is 52.5 Å². The molecule has 1 saturated heterocycles. The molecule has 20 heavy (non-hydrogen) atoms. The van der Waals surface area contributed by atoms with Gasteiger partial charge in [-0.1, -0.05) is 30.3 Å². The first-order valence-corrected chi connectivity index (χ1v) is 8.00. The number of hydrogen-bond acceptors (Lipinski definition) is 3. The molecule has 1 N–H and O–H groups in total. The second kappa shape index (κ2) is 9.11. The quantitative estimate of drug-likeness (QED) is 0.697. The van der Waals surface area contributed by atoms with Crippen LogP contribution in [-0.2, 0) is 6.54 Å². The van der Waals surface area contributed by atoms with Gasteiger partial charge in [0.15, 0.2) is 0 Å². The summed E-state index contributed by atoms with van der Waals surface area (Å²) in [7, 11) is 2.21. The first-order valence-electron chi connectivity index (χ1n) is 8.00. The van der Waals surface area contributed by atoms with E-state index < -0.39 is 0 Å². The van der Waals surface area contributed by atoms with E-state index >= 15 is 0 Å². The minimum Gasteiger partial charge on any atom is -0.315 e. The van der Waals surface area contributed by atoms with Crippen LogP contribution in [0.15, 0.2) is 30.3 Å². The Morgan fingerprint density at radius 2 is 1.85 bits per heavy atom. The van der Waals surface area contributed by atoms with Crippen molar-refractivity contribution >= 4 is 0 Å². The van der Waals surface area contributed by atoms with Crippen molar-refractivity contribution in [2.75, 3.05) is 46.3 Å². The lowest BCUT2D eigenvalue weighted by Crippen LogP contribution is -2.31. The number of nitrogens with zero attached hydrogens (tertiary/aromatic N) is 2. The summed E-state index contributed by atoms with van der Waals surface area (Å²) < 4.78 is 0. The Kier molecular flexibility index (Phi) is 7.06. The third kappa shape index (κ3) is 6.04. The molecule has 0 spiro atoms. The molecular weight excluding hydrogens is 246 g/mol. The fourth-order valence-corrected chi connectivity index (χ4v) is 2.82. The number of likely N-dealkylation sites (tertiary alicyclic amines) is 1. The van der Waals surface area contributed by atoms with E-state index in [9.17, 15) is 0 Å². The van der Waals surface area contributed by atoms with Crippen LogP contribution in [0.5, 0.6) is 0 Å². The Labute approximate surface area is 124 Å². The van der Waals surface area contributed by atoms with Gasteiger partial charge in [-0.2, -0.15) is 0 Å². The molecule has 0 atom stereocenters. The Hall–Kier alpha value is -0.900. The van der Waals surface area contributed by atoms with Gasteiger partial charge in [-0.3, -0.25) is 0 Å². The fourth-order valence-electron chi connectivity index (χ4n) is 2.82. The summed E-state index contributed by atoms with van der Waals surface area (Å²) in [5.41, 5.74) is 1.40. The SMILES string of the molecule is CN(CCCNCCN1CCCC1)Cc1ccccc1. The van der Waals surface area contributed by atoms with E-state index in [1.807, 2.05) is 0 Å². The van der Waals surface area contributed by atoms with E-state index in [1.165, 1.54) is 44.5 Å². The highest BCUT2D eigenvalue weighted by molar-refractivity contribution is 5.14. The van der Waals surface area contributed by atoms with E-state index in [0.29, 0.717) is 0 Å². The van der Waals surface area contributed by atoms with Crippen LogP contribution in [0.3, 0.4) is 0 Å². The normalized spacial score (nSPS) is 16.1. The van der Waals surface area contributed by atoms with Crippen LogP contribution in [0.4, 0.5) is 0 Å². The molecule has 0 aliphatic carbocycles. The van der Waals surface area contributed by atoms with Crippen LogP contribution in [0.25, 0.3) is 0 Å². The molecule has 2 rings (SSSR count). The summed E-state index contributed by atoms with van der Waals surface area (Å²) in [5.74, 6) is 0. The van der Waals surface area contributed by atoms with Gasteiger partial charge in [-0.15, -0.1) is 0 Å². The number of nitrogens with one attached hydrogen (secondary N) is 1. The van der Waals surface area contributed by atoms with Crippen molar-refractivity contribution in [3.05, 3.63) is 35.9 Å². The molecule has 1 aliphatic heterocycles. The number of benzene rings is 1. The molecule has 1 aliphatic rings. The van der Waals surface area contributed by atoms with Gasteiger partial charge in [-0.25, -0.2) is 0 Å². The maximum Gasteiger partial charge on any atom is 0.0230 e. The molecule has 0 amide bonds. The van der Waals surface area contributed by atoms with Crippen LogP contribution in [0.2, 0.25) is 0 Å². The Balaban J connectivity index is 1.46. The van der Waals surface area contributed by atoms with Crippen molar-refractivity contribution in [1.82, 2.24) is 15.1 Å². The average Bonchev–Trinajstić information content (AvgIpc) is 2.97. The zero-order chi connectivity index (χ0) is 14.0. The van der Waals surface area contributed by atoms with Gasteiger partial charge in [0, 0.05) is 19.6 Å². The van der Waals surface area contributed by atoms with Gasteiger partial charge < -0.3 is 15.1 Å². The van der Waals surface area contributed by atoms with Crippen molar-refractivity contribution in [2.45, 2.75) is 25.8 Å². The van der Waals surface area contributed by atoms with Gasteiger partial charge in [0.2, 0.25) is 0 Å². The largest absolute Gasteiger partial charge is 0.315 e. The third-order valence-electron chi connectivity index (χ3n) is 3.99. The average molecular weight is 275 g/mol. The second-order valence-corrected chi connectivity index (χ2v) is 5.88. The molecule has 1 fully saturated rings. The minimum atomic E-state index is 1.05. The highest BCUT2D eigenvalue weighted by atomic mass is 15.1. The molecule has 3 nitrogen and oxygen atoms in total. The topological polar surface area (TPSA) is 18.5 Å². The Bertz CT molecular complexity index is 347. The van der Waals surface area contributed by atoms with Gasteiger partial charge in [0.1, 0.15) is 0 Å². The predicted molar refractivity (Wildman–Crippen MR) is 85.9 cm³/mol. The van der Waals surface area contributed by atoms with Crippen LogP contribution >= 0.6 is 0 Å². The van der Waals surface area contributed by atoms with Crippen molar-refractivity contribution in [1.29, 1.82) is 0 Å². The lowest BCUT2D eigenvalue weighted by molar-refractivity contribution is 0.311. The van der Waals surface area contributed by atoms with E-state index in [-0.39, 0.29) is 0 Å². The minimum absolute atomic E-state index is 1.05. The summed E-state index contributed by atoms with van der Waals surface area (Å²) >= 11 is 0. The molecule has 0 bridgehead atoms. The molecule has 0 unspecified atom stereocenters. The summed E-state index contributed by atoms with van der Waals surface area (Å²) in [6.07, 6.45) is 4.01. The predicted octanol–water partition coefficient (Wildman–Crippen LogP) is 2.19. The maximum atomic E-state index is 3.56. The Morgan fingerprint density at radius 1 is 1.10 bits per heavy atom. The molecule has 112 valence electrons. The molecule has 1 aromatic carbocycles. The van der Waals surface area contributed by atoms with E-state index in [1.54, 1.807) is 0 Å². The number of hydrogen-bond donors (Lipinski definition) is 1. The first-order chi connectivity index (χ1) is 9.84. The van der Waals surface area contributed by atoms with Crippen LogP contribution in [-0.4, -0.2) is 56.1 Å². The third-order valence-corrected chi connectivity index (χ3v) is 3.99. The second-order valence-electron chi connectivity index (χ2n) is 5.88. The van der Waals surface area contributed by atoms with Gasteiger partial charge in [-0.05, 0) is 58.1 Å². The summed E-state index contributed by atoms with van der Waals surface area (Å²) in [4.78, 5) is 4.96. The highest BCUT2D eigenvalue weighted by Gasteiger charge is 2.09. The van der Waals surface area contributed by atoms with Crippen molar-refractivity contribution < 1.29 is 0 Å². The molecule has 0 saturated carbocycles. The molecule has 1 aromatic rings. The van der Waals surface area contributed by atoms with Crippen molar-refractivity contribution in [3.8, 4) is 0 Å². The van der Waals surface area contributed by atoms with E-state index in [4.69, 9.17) is 0 Å². The van der Waals surface area contributed by atoms with Gasteiger partial charge >= 0.3 is 0 Å². The summed E-state index contributed by atoms with van der Waals surface area (Å²) in [5, 5.41) is 3.56. The van der Waals surface area contributed by atoms with Crippen LogP contribution in [0.1, 0.15) is 24.8 Å². The molecular formula is C17H29N3. The molecule has 3 heteroatoms. The zero-order valence-corrected chi connectivity index (χ0v) is 12.9. The standard InChI is InChI=1S/C17H29N3/c1-19(16-17-8-3-2-4-9-17)12-7-10-18-11-15-20-13-5-6-14-20/h2-4,8-9,18H,5-7,10-16H2,1H3. The van der Waals surface area contributed by atoms with Crippen LogP contribution in [0, 0.1) is 0 Å². The smallest absolute Gasteiger partial charge is 0.0230 e. The Morgan fingerprint density at radius 3 is 2.60 bits per heavy atom. The maximum absolute atomic E-state index is 3.56. The monoisotopic (exact) mass is 275 g/mol. The lowest BCUT2D eigenvalue weighted by atomic mass is 10.2.